The number of para-hydroxylation sites is 1. The minimum Gasteiger partial charge on any atom is -0.495 e. The van der Waals surface area contributed by atoms with Crippen LogP contribution in [-0.4, -0.2) is 79.0 Å². The molecule has 0 radical (unpaired) electrons. The van der Waals surface area contributed by atoms with E-state index in [4.69, 9.17) is 4.74 Å². The fourth-order valence-electron chi connectivity index (χ4n) is 4.62. The number of nitrogens with zero attached hydrogens (tertiary/aromatic N) is 5. The van der Waals surface area contributed by atoms with Crippen LogP contribution in [0, 0.1) is 0 Å². The van der Waals surface area contributed by atoms with E-state index in [2.05, 4.69) is 32.4 Å². The topological polar surface area (TPSA) is 103 Å². The first-order chi connectivity index (χ1) is 18.7. The summed E-state index contributed by atoms with van der Waals surface area (Å²) in [5, 5.41) is 6.06. The van der Waals surface area contributed by atoms with Crippen LogP contribution in [0.5, 0.6) is 5.75 Å². The van der Waals surface area contributed by atoms with Gasteiger partial charge in [0, 0.05) is 31.4 Å². The predicted octanol–water partition coefficient (Wildman–Crippen LogP) is 3.41. The Kier molecular flexibility index (Phi) is 7.04. The number of carbonyl (C=O) groups excluding carboxylic acids is 2. The van der Waals surface area contributed by atoms with Crippen molar-refractivity contribution in [2.45, 2.75) is 18.9 Å². The summed E-state index contributed by atoms with van der Waals surface area (Å²) < 4.78 is 35.2. The van der Waals surface area contributed by atoms with E-state index in [1.54, 1.807) is 48.5 Å². The maximum absolute atomic E-state index is 14.9. The van der Waals surface area contributed by atoms with Gasteiger partial charge in [0.2, 0.25) is 5.95 Å². The average Bonchev–Trinajstić information content (AvgIpc) is 2.99. The van der Waals surface area contributed by atoms with Gasteiger partial charge >= 0.3 is 5.92 Å². The van der Waals surface area contributed by atoms with Crippen molar-refractivity contribution >= 4 is 40.6 Å². The predicted molar refractivity (Wildman–Crippen MR) is 143 cm³/mol. The van der Waals surface area contributed by atoms with Crippen LogP contribution in [-0.2, 0) is 4.79 Å². The lowest BCUT2D eigenvalue weighted by Crippen LogP contribution is -2.58. The van der Waals surface area contributed by atoms with Crippen LogP contribution in [0.4, 0.5) is 37.6 Å². The summed E-state index contributed by atoms with van der Waals surface area (Å²) in [6, 6.07) is 13.6. The van der Waals surface area contributed by atoms with Crippen LogP contribution < -0.4 is 25.2 Å². The van der Waals surface area contributed by atoms with Gasteiger partial charge in [-0.1, -0.05) is 25.1 Å². The van der Waals surface area contributed by atoms with Gasteiger partial charge in [0.05, 0.1) is 31.6 Å². The monoisotopic (exact) mass is 537 g/mol. The van der Waals surface area contributed by atoms with Gasteiger partial charge < -0.3 is 25.2 Å². The van der Waals surface area contributed by atoms with Gasteiger partial charge in [0.25, 0.3) is 11.8 Å². The van der Waals surface area contributed by atoms with Gasteiger partial charge in [-0.05, 0) is 36.9 Å². The number of nitrogens with one attached hydrogen (secondary N) is 2. The Balaban J connectivity index is 1.43. The van der Waals surface area contributed by atoms with E-state index in [1.807, 2.05) is 0 Å². The van der Waals surface area contributed by atoms with Gasteiger partial charge in [0.1, 0.15) is 11.4 Å². The van der Waals surface area contributed by atoms with Crippen LogP contribution in [0.2, 0.25) is 0 Å². The molecule has 5 rings (SSSR count). The highest BCUT2D eigenvalue weighted by Gasteiger charge is 2.47. The number of fused-ring (bicyclic) bond motifs is 1. The van der Waals surface area contributed by atoms with Gasteiger partial charge in [-0.2, -0.15) is 13.8 Å². The molecule has 2 aromatic carbocycles. The number of benzene rings is 2. The minimum atomic E-state index is -3.65. The molecule has 0 atom stereocenters. The average molecular weight is 538 g/mol. The van der Waals surface area contributed by atoms with Gasteiger partial charge in [-0.15, -0.1) is 0 Å². The van der Waals surface area contributed by atoms with Crippen molar-refractivity contribution in [1.82, 2.24) is 20.2 Å². The molecule has 1 saturated heterocycles. The SMILES string of the molecule is CCN1CC(NC(=O)c2ccc(Nc3ncc4c(n3)N(c3ccccc3)CC(F)(F)C(=O)N4C)c(OC)c2)C1. The number of likely N-dealkylation sites (N-methyl/N-ethyl adjacent to an activating group) is 1. The van der Waals surface area contributed by atoms with Crippen molar-refractivity contribution < 1.29 is 23.1 Å². The van der Waals surface area contributed by atoms with E-state index in [9.17, 15) is 18.4 Å². The third kappa shape index (κ3) is 5.19. The van der Waals surface area contributed by atoms with E-state index in [0.717, 1.165) is 24.5 Å². The molecule has 12 heteroatoms. The highest BCUT2D eigenvalue weighted by atomic mass is 19.3. The van der Waals surface area contributed by atoms with E-state index >= 15 is 0 Å². The number of rotatable bonds is 7. The Morgan fingerprint density at radius 3 is 2.62 bits per heavy atom. The summed E-state index contributed by atoms with van der Waals surface area (Å²) in [6.07, 6.45) is 1.33. The van der Waals surface area contributed by atoms with E-state index < -0.39 is 18.4 Å². The van der Waals surface area contributed by atoms with Crippen LogP contribution in [0.15, 0.2) is 54.7 Å². The van der Waals surface area contributed by atoms with Gasteiger partial charge in [-0.25, -0.2) is 4.98 Å². The number of methoxy groups -OCH3 is 1. The quantitative estimate of drug-likeness (QED) is 0.473. The second kappa shape index (κ2) is 10.4. The Morgan fingerprint density at radius 1 is 1.18 bits per heavy atom. The van der Waals surface area contributed by atoms with Crippen molar-refractivity contribution in [2.75, 3.05) is 55.5 Å². The fraction of sp³-hybridized carbons (Fsp3) is 0.333. The highest BCUT2D eigenvalue weighted by molar-refractivity contribution is 6.02. The van der Waals surface area contributed by atoms with Crippen molar-refractivity contribution in [3.63, 3.8) is 0 Å². The summed E-state index contributed by atoms with van der Waals surface area (Å²) in [5.74, 6) is -4.56. The Morgan fingerprint density at radius 2 is 1.92 bits per heavy atom. The second-order valence-electron chi connectivity index (χ2n) is 9.46. The number of amides is 2. The molecule has 2 amide bonds. The zero-order valence-electron chi connectivity index (χ0n) is 21.8. The molecule has 204 valence electrons. The Hall–Kier alpha value is -4.32. The fourth-order valence-corrected chi connectivity index (χ4v) is 4.62. The van der Waals surface area contributed by atoms with Crippen LogP contribution in [0.25, 0.3) is 0 Å². The van der Waals surface area contributed by atoms with Crippen molar-refractivity contribution in [3.05, 3.63) is 60.3 Å². The first-order valence-corrected chi connectivity index (χ1v) is 12.5. The number of hydrogen-bond acceptors (Lipinski definition) is 8. The lowest BCUT2D eigenvalue weighted by molar-refractivity contribution is -0.140. The molecule has 1 fully saturated rings. The molecule has 10 nitrogen and oxygen atoms in total. The Bertz CT molecular complexity index is 1380. The molecule has 2 aliphatic rings. The lowest BCUT2D eigenvalue weighted by atomic mass is 10.1. The number of likely N-dealkylation sites (tertiary alicyclic amines) is 1. The van der Waals surface area contributed by atoms with Crippen molar-refractivity contribution in [3.8, 4) is 5.75 Å². The number of anilines is 5. The van der Waals surface area contributed by atoms with E-state index in [-0.39, 0.29) is 29.4 Å². The van der Waals surface area contributed by atoms with Gasteiger partial charge in [-0.3, -0.25) is 14.5 Å². The number of hydrogen-bond donors (Lipinski definition) is 2. The molecule has 3 aromatic rings. The van der Waals surface area contributed by atoms with Crippen LogP contribution in [0.3, 0.4) is 0 Å². The smallest absolute Gasteiger partial charge is 0.342 e. The molecule has 2 aliphatic heterocycles. The first kappa shape index (κ1) is 26.3. The molecule has 1 aromatic heterocycles. The summed E-state index contributed by atoms with van der Waals surface area (Å²) in [5.41, 5.74) is 1.51. The largest absolute Gasteiger partial charge is 0.495 e. The zero-order chi connectivity index (χ0) is 27.7. The third-order valence-corrected chi connectivity index (χ3v) is 6.86. The number of carbonyl (C=O) groups is 2. The maximum Gasteiger partial charge on any atom is 0.342 e. The first-order valence-electron chi connectivity index (χ1n) is 12.5. The van der Waals surface area contributed by atoms with Crippen molar-refractivity contribution in [1.29, 1.82) is 0 Å². The number of alkyl halides is 2. The number of ether oxygens (including phenoxy) is 1. The van der Waals surface area contributed by atoms with Crippen LogP contribution in [0.1, 0.15) is 17.3 Å². The molecule has 0 aliphatic carbocycles. The normalized spacial score (nSPS) is 17.2. The Labute approximate surface area is 224 Å². The van der Waals surface area contributed by atoms with E-state index in [0.29, 0.717) is 22.7 Å². The van der Waals surface area contributed by atoms with E-state index in [1.165, 1.54) is 25.3 Å². The molecule has 39 heavy (non-hydrogen) atoms. The van der Waals surface area contributed by atoms with Gasteiger partial charge in [0.15, 0.2) is 5.82 Å². The molecule has 0 bridgehead atoms. The molecule has 3 heterocycles. The zero-order valence-corrected chi connectivity index (χ0v) is 21.8. The summed E-state index contributed by atoms with van der Waals surface area (Å²) in [4.78, 5) is 38.4. The number of halogens is 2. The molecule has 2 N–H and O–H groups in total. The summed E-state index contributed by atoms with van der Waals surface area (Å²) in [7, 11) is 2.75. The number of aromatic nitrogens is 2. The molecule has 0 spiro atoms. The molecular weight excluding hydrogens is 508 g/mol. The molecule has 0 saturated carbocycles. The minimum absolute atomic E-state index is 0.102. The third-order valence-electron chi connectivity index (χ3n) is 6.86. The maximum atomic E-state index is 14.9. The summed E-state index contributed by atoms with van der Waals surface area (Å²) in [6.45, 7) is 3.79. The second-order valence-corrected chi connectivity index (χ2v) is 9.46. The van der Waals surface area contributed by atoms with Crippen LogP contribution >= 0.6 is 0 Å². The molecule has 0 unspecified atom stereocenters. The lowest BCUT2D eigenvalue weighted by Gasteiger charge is -2.38. The van der Waals surface area contributed by atoms with Crippen molar-refractivity contribution in [2.24, 2.45) is 0 Å². The highest BCUT2D eigenvalue weighted by Crippen LogP contribution is 2.40. The molecular formula is C27H29F2N7O3. The standard InChI is InChI=1S/C27H29F2N7O3/c1-4-35-14-18(15-35)31-24(37)17-10-11-20(22(12-17)39-3)32-26-30-13-21-23(33-26)36(19-8-6-5-7-9-19)16-27(28,29)25(38)34(21)2/h5-13,18H,4,14-16H2,1-3H3,(H,31,37)(H,30,32,33). The summed E-state index contributed by atoms with van der Waals surface area (Å²) >= 11 is 0.